The third-order valence-corrected chi connectivity index (χ3v) is 3.99. The Morgan fingerprint density at radius 2 is 1.68 bits per heavy atom. The molecule has 0 heterocycles. The van der Waals surface area contributed by atoms with E-state index in [1.807, 2.05) is 13.8 Å². The molecule has 2 aromatic rings. The number of benzene rings is 2. The molecule has 0 amide bonds. The van der Waals surface area contributed by atoms with Crippen LogP contribution in [0.15, 0.2) is 30.3 Å². The van der Waals surface area contributed by atoms with Crippen molar-refractivity contribution in [2.24, 2.45) is 0 Å². The lowest BCUT2D eigenvalue weighted by atomic mass is 9.92. The monoisotopic (exact) mass is 342 g/mol. The van der Waals surface area contributed by atoms with E-state index >= 15 is 0 Å². The van der Waals surface area contributed by atoms with Crippen LogP contribution in [0.4, 0.5) is 0 Å². The normalized spacial score (nSPS) is 10.8. The van der Waals surface area contributed by atoms with Crippen LogP contribution in [0.1, 0.15) is 52.4 Å². The first kappa shape index (κ1) is 18.5. The Morgan fingerprint density at radius 1 is 1.08 bits per heavy atom. The average molecular weight is 342 g/mol. The van der Waals surface area contributed by atoms with Gasteiger partial charge < -0.3 is 14.9 Å². The van der Waals surface area contributed by atoms with Crippen LogP contribution in [0, 0.1) is 13.8 Å². The quantitative estimate of drug-likeness (QED) is 0.780. The largest absolute Gasteiger partial charge is 0.508 e. The second-order valence-electron chi connectivity index (χ2n) is 6.37. The minimum absolute atomic E-state index is 0.0681. The molecule has 5 nitrogen and oxygen atoms in total. The van der Waals surface area contributed by atoms with Crippen LogP contribution in [0.25, 0.3) is 0 Å². The molecule has 0 unspecified atom stereocenters. The van der Waals surface area contributed by atoms with Gasteiger partial charge in [-0.1, -0.05) is 13.8 Å². The van der Waals surface area contributed by atoms with Crippen molar-refractivity contribution in [3.63, 3.8) is 0 Å². The fourth-order valence-electron chi connectivity index (χ4n) is 2.85. The van der Waals surface area contributed by atoms with Gasteiger partial charge in [0.05, 0.1) is 0 Å². The van der Waals surface area contributed by atoms with Gasteiger partial charge in [0.1, 0.15) is 11.5 Å². The minimum Gasteiger partial charge on any atom is -0.508 e. The number of hydrogen-bond acceptors (Lipinski definition) is 4. The summed E-state index contributed by atoms with van der Waals surface area (Å²) in [6.07, 6.45) is 0. The molecule has 5 heteroatoms. The summed E-state index contributed by atoms with van der Waals surface area (Å²) in [7, 11) is 0. The number of ether oxygens (including phenoxy) is 1. The number of aryl methyl sites for hydroxylation is 2. The second-order valence-corrected chi connectivity index (χ2v) is 6.37. The zero-order valence-corrected chi connectivity index (χ0v) is 14.8. The van der Waals surface area contributed by atoms with Gasteiger partial charge in [-0.05, 0) is 66.8 Å². The number of aliphatic carboxylic acids is 1. The number of aromatic hydroxyl groups is 1. The van der Waals surface area contributed by atoms with Crippen LogP contribution in [0.3, 0.4) is 0 Å². The van der Waals surface area contributed by atoms with Crippen molar-refractivity contribution < 1.29 is 24.5 Å². The zero-order chi connectivity index (χ0) is 18.7. The molecule has 0 aromatic heterocycles. The van der Waals surface area contributed by atoms with E-state index in [1.54, 1.807) is 44.2 Å². The minimum atomic E-state index is -1.05. The van der Waals surface area contributed by atoms with Gasteiger partial charge in [0.15, 0.2) is 12.4 Å². The molecule has 0 aliphatic rings. The van der Waals surface area contributed by atoms with Gasteiger partial charge in [-0.25, -0.2) is 4.79 Å². The predicted octanol–water partition coefficient (Wildman–Crippen LogP) is 3.83. The second kappa shape index (κ2) is 7.38. The van der Waals surface area contributed by atoms with Gasteiger partial charge in [0.25, 0.3) is 0 Å². The highest BCUT2D eigenvalue weighted by Crippen LogP contribution is 2.30. The lowest BCUT2D eigenvalue weighted by Crippen LogP contribution is -2.12. The Bertz CT molecular complexity index is 798. The van der Waals surface area contributed by atoms with E-state index in [4.69, 9.17) is 9.84 Å². The topological polar surface area (TPSA) is 83.8 Å². The molecule has 2 N–H and O–H groups in total. The van der Waals surface area contributed by atoms with Crippen LogP contribution in [-0.4, -0.2) is 28.6 Å². The summed E-state index contributed by atoms with van der Waals surface area (Å²) in [5, 5.41) is 18.4. The molecule has 25 heavy (non-hydrogen) atoms. The number of carboxylic acids is 1. The number of phenols is 1. The van der Waals surface area contributed by atoms with Crippen molar-refractivity contribution in [2.75, 3.05) is 6.61 Å². The van der Waals surface area contributed by atoms with E-state index in [9.17, 15) is 14.7 Å². The van der Waals surface area contributed by atoms with Crippen molar-refractivity contribution in [1.82, 2.24) is 0 Å². The van der Waals surface area contributed by atoms with Gasteiger partial charge in [0, 0.05) is 11.1 Å². The van der Waals surface area contributed by atoms with Gasteiger partial charge in [0.2, 0.25) is 0 Å². The first-order chi connectivity index (χ1) is 11.7. The maximum atomic E-state index is 12.9. The highest BCUT2D eigenvalue weighted by molar-refractivity contribution is 6.11. The first-order valence-corrected chi connectivity index (χ1v) is 8.04. The molecular weight excluding hydrogens is 320 g/mol. The third-order valence-electron chi connectivity index (χ3n) is 3.99. The summed E-state index contributed by atoms with van der Waals surface area (Å²) < 4.78 is 5.32. The molecule has 0 saturated heterocycles. The summed E-state index contributed by atoms with van der Waals surface area (Å²) in [5.74, 6) is -0.523. The molecular formula is C20H22O5. The Hall–Kier alpha value is -2.82. The maximum absolute atomic E-state index is 12.9. The van der Waals surface area contributed by atoms with E-state index in [2.05, 4.69) is 0 Å². The molecule has 0 radical (unpaired) electrons. The van der Waals surface area contributed by atoms with Crippen LogP contribution < -0.4 is 4.74 Å². The van der Waals surface area contributed by atoms with Gasteiger partial charge in [-0.2, -0.15) is 0 Å². The number of carbonyl (C=O) groups is 2. The third kappa shape index (κ3) is 4.18. The molecule has 2 aromatic carbocycles. The Morgan fingerprint density at radius 3 is 2.20 bits per heavy atom. The van der Waals surface area contributed by atoms with Gasteiger partial charge in [-0.3, -0.25) is 4.79 Å². The fourth-order valence-corrected chi connectivity index (χ4v) is 2.85. The van der Waals surface area contributed by atoms with Crippen LogP contribution >= 0.6 is 0 Å². The van der Waals surface area contributed by atoms with Crippen molar-refractivity contribution in [3.8, 4) is 11.5 Å². The van der Waals surface area contributed by atoms with E-state index < -0.39 is 12.6 Å². The molecule has 132 valence electrons. The SMILES string of the molecule is Cc1cc(O)cc(C)c1C(=O)c1ccc(OCC(=O)O)c(C(C)C)c1. The molecule has 0 atom stereocenters. The zero-order valence-electron chi connectivity index (χ0n) is 14.8. The van der Waals surface area contributed by atoms with Crippen molar-refractivity contribution in [3.05, 3.63) is 58.1 Å². The van der Waals surface area contributed by atoms with Crippen molar-refractivity contribution >= 4 is 11.8 Å². The Labute approximate surface area is 146 Å². The lowest BCUT2D eigenvalue weighted by molar-refractivity contribution is -0.139. The van der Waals surface area contributed by atoms with Crippen molar-refractivity contribution in [1.29, 1.82) is 0 Å². The molecule has 0 fully saturated rings. The number of carbonyl (C=O) groups excluding carboxylic acids is 1. The molecule has 0 bridgehead atoms. The number of ketones is 1. The number of phenolic OH excluding ortho intramolecular Hbond substituents is 1. The smallest absolute Gasteiger partial charge is 0.341 e. The Kier molecular flexibility index (Phi) is 5.47. The predicted molar refractivity (Wildman–Crippen MR) is 94.7 cm³/mol. The van der Waals surface area contributed by atoms with Crippen molar-refractivity contribution in [2.45, 2.75) is 33.6 Å². The van der Waals surface area contributed by atoms with E-state index in [0.717, 1.165) is 5.56 Å². The van der Waals surface area contributed by atoms with Crippen LogP contribution in [0.5, 0.6) is 11.5 Å². The number of hydrogen-bond donors (Lipinski definition) is 2. The van der Waals surface area contributed by atoms with Gasteiger partial charge in [-0.15, -0.1) is 0 Å². The maximum Gasteiger partial charge on any atom is 0.341 e. The molecule has 0 spiro atoms. The van der Waals surface area contributed by atoms with Crippen LogP contribution in [0.2, 0.25) is 0 Å². The van der Waals surface area contributed by atoms with E-state index in [1.165, 1.54) is 0 Å². The average Bonchev–Trinajstić information content (AvgIpc) is 2.51. The fraction of sp³-hybridized carbons (Fsp3) is 0.300. The van der Waals surface area contributed by atoms with Gasteiger partial charge >= 0.3 is 5.97 Å². The first-order valence-electron chi connectivity index (χ1n) is 8.04. The standard InChI is InChI=1S/C20H22O5/c1-11(2)16-9-14(5-6-17(16)25-10-18(22)23)20(24)19-12(3)7-15(21)8-13(19)4/h5-9,11,21H,10H2,1-4H3,(H,22,23). The highest BCUT2D eigenvalue weighted by Gasteiger charge is 2.18. The lowest BCUT2D eigenvalue weighted by Gasteiger charge is -2.15. The summed E-state index contributed by atoms with van der Waals surface area (Å²) in [6, 6.07) is 8.14. The number of rotatable bonds is 6. The summed E-state index contributed by atoms with van der Waals surface area (Å²) in [4.78, 5) is 23.7. The summed E-state index contributed by atoms with van der Waals surface area (Å²) >= 11 is 0. The molecule has 0 saturated carbocycles. The molecule has 0 aliphatic carbocycles. The van der Waals surface area contributed by atoms with E-state index in [0.29, 0.717) is 28.0 Å². The molecule has 0 aliphatic heterocycles. The number of carboxylic acid groups (broad SMARTS) is 1. The summed E-state index contributed by atoms with van der Waals surface area (Å²) in [6.45, 7) is 7.05. The summed E-state index contributed by atoms with van der Waals surface area (Å²) in [5.41, 5.74) is 3.26. The van der Waals surface area contributed by atoms with E-state index in [-0.39, 0.29) is 17.5 Å². The molecule has 2 rings (SSSR count). The highest BCUT2D eigenvalue weighted by atomic mass is 16.5. The Balaban J connectivity index is 2.44. The van der Waals surface area contributed by atoms with Crippen LogP contribution in [-0.2, 0) is 4.79 Å².